The summed E-state index contributed by atoms with van der Waals surface area (Å²) >= 11 is 4.98. The molecule has 64 valence electrons. The molecule has 0 aliphatic heterocycles. The standard InChI is InChI=1S/C8H8ClNO2/c1-6-3-2-4-7(10-6)5-12-8(9)11/h2-4H,5H2,1H3. The van der Waals surface area contributed by atoms with Crippen LogP contribution in [0.4, 0.5) is 4.79 Å². The lowest BCUT2D eigenvalue weighted by Crippen LogP contribution is -1.97. The van der Waals surface area contributed by atoms with Gasteiger partial charge in [-0.1, -0.05) is 6.07 Å². The molecule has 1 aromatic rings. The molecule has 0 saturated carbocycles. The molecular weight excluding hydrogens is 178 g/mol. The monoisotopic (exact) mass is 185 g/mol. The molecule has 1 rings (SSSR count). The zero-order chi connectivity index (χ0) is 8.97. The summed E-state index contributed by atoms with van der Waals surface area (Å²) in [6.07, 6.45) is 0. The molecule has 12 heavy (non-hydrogen) atoms. The van der Waals surface area contributed by atoms with E-state index in [0.29, 0.717) is 5.69 Å². The number of rotatable bonds is 2. The fourth-order valence-electron chi connectivity index (χ4n) is 0.811. The molecule has 0 aromatic carbocycles. The van der Waals surface area contributed by atoms with Crippen molar-refractivity contribution in [2.75, 3.05) is 0 Å². The number of hydrogen-bond acceptors (Lipinski definition) is 3. The van der Waals surface area contributed by atoms with Crippen LogP contribution in [0.2, 0.25) is 0 Å². The predicted octanol–water partition coefficient (Wildman–Crippen LogP) is 2.27. The molecule has 0 radical (unpaired) electrons. The minimum atomic E-state index is -0.807. The lowest BCUT2D eigenvalue weighted by atomic mass is 10.3. The van der Waals surface area contributed by atoms with Gasteiger partial charge in [-0.25, -0.2) is 4.79 Å². The Kier molecular flexibility index (Phi) is 3.05. The summed E-state index contributed by atoms with van der Waals surface area (Å²) in [5.74, 6) is 0. The van der Waals surface area contributed by atoms with E-state index < -0.39 is 5.43 Å². The van der Waals surface area contributed by atoms with Gasteiger partial charge in [0.2, 0.25) is 0 Å². The van der Waals surface area contributed by atoms with Gasteiger partial charge < -0.3 is 4.74 Å². The van der Waals surface area contributed by atoms with Crippen LogP contribution >= 0.6 is 11.6 Å². The van der Waals surface area contributed by atoms with Crippen molar-refractivity contribution in [2.24, 2.45) is 0 Å². The molecule has 1 heterocycles. The summed E-state index contributed by atoms with van der Waals surface area (Å²) in [6.45, 7) is 2.00. The highest BCUT2D eigenvalue weighted by Gasteiger charge is 1.98. The topological polar surface area (TPSA) is 39.2 Å². The van der Waals surface area contributed by atoms with E-state index in [0.717, 1.165) is 5.69 Å². The molecule has 0 fully saturated rings. The van der Waals surface area contributed by atoms with Crippen LogP contribution in [0.15, 0.2) is 18.2 Å². The number of carbonyl (C=O) groups is 1. The van der Waals surface area contributed by atoms with Crippen LogP contribution < -0.4 is 0 Å². The van der Waals surface area contributed by atoms with Crippen LogP contribution in [0, 0.1) is 6.92 Å². The number of halogens is 1. The fourth-order valence-corrected chi connectivity index (χ4v) is 0.865. The van der Waals surface area contributed by atoms with Crippen molar-refractivity contribution in [2.45, 2.75) is 13.5 Å². The smallest absolute Gasteiger partial charge is 0.404 e. The van der Waals surface area contributed by atoms with E-state index in [2.05, 4.69) is 9.72 Å². The number of nitrogens with zero attached hydrogens (tertiary/aromatic N) is 1. The van der Waals surface area contributed by atoms with E-state index in [9.17, 15) is 4.79 Å². The largest absolute Gasteiger partial charge is 0.447 e. The van der Waals surface area contributed by atoms with Crippen molar-refractivity contribution in [1.82, 2.24) is 4.98 Å². The maximum atomic E-state index is 10.2. The van der Waals surface area contributed by atoms with E-state index in [4.69, 9.17) is 11.6 Å². The Morgan fingerprint density at radius 1 is 1.67 bits per heavy atom. The van der Waals surface area contributed by atoms with Gasteiger partial charge in [-0.15, -0.1) is 0 Å². The zero-order valence-electron chi connectivity index (χ0n) is 6.58. The summed E-state index contributed by atoms with van der Waals surface area (Å²) < 4.78 is 4.55. The minimum absolute atomic E-state index is 0.129. The Bertz CT molecular complexity index is 288. The van der Waals surface area contributed by atoms with E-state index in [1.54, 1.807) is 6.07 Å². The molecule has 0 spiro atoms. The third kappa shape index (κ3) is 2.88. The fraction of sp³-hybridized carbons (Fsp3) is 0.250. The van der Waals surface area contributed by atoms with Crippen molar-refractivity contribution in [3.05, 3.63) is 29.6 Å². The highest BCUT2D eigenvalue weighted by atomic mass is 35.5. The number of ether oxygens (including phenoxy) is 1. The molecule has 0 saturated heterocycles. The Labute approximate surface area is 75.3 Å². The van der Waals surface area contributed by atoms with Gasteiger partial charge in [0.25, 0.3) is 0 Å². The van der Waals surface area contributed by atoms with Crippen LogP contribution in [0.5, 0.6) is 0 Å². The van der Waals surface area contributed by atoms with Gasteiger partial charge in [0.15, 0.2) is 0 Å². The first-order valence-corrected chi connectivity index (χ1v) is 3.81. The summed E-state index contributed by atoms with van der Waals surface area (Å²) in [7, 11) is 0. The lowest BCUT2D eigenvalue weighted by Gasteiger charge is -2.00. The molecule has 0 N–H and O–H groups in total. The number of pyridine rings is 1. The first-order valence-electron chi connectivity index (χ1n) is 3.43. The highest BCUT2D eigenvalue weighted by Crippen LogP contribution is 2.01. The summed E-state index contributed by atoms with van der Waals surface area (Å²) in [4.78, 5) is 14.3. The van der Waals surface area contributed by atoms with E-state index in [1.165, 1.54) is 0 Å². The SMILES string of the molecule is Cc1cccc(COC(=O)Cl)n1. The van der Waals surface area contributed by atoms with Gasteiger partial charge in [0.05, 0.1) is 5.69 Å². The quantitative estimate of drug-likeness (QED) is 0.664. The van der Waals surface area contributed by atoms with Crippen molar-refractivity contribution in [1.29, 1.82) is 0 Å². The normalized spacial score (nSPS) is 9.50. The van der Waals surface area contributed by atoms with Crippen LogP contribution in [-0.2, 0) is 11.3 Å². The van der Waals surface area contributed by atoms with Crippen LogP contribution in [0.3, 0.4) is 0 Å². The summed E-state index contributed by atoms with van der Waals surface area (Å²) in [6, 6.07) is 5.48. The van der Waals surface area contributed by atoms with Crippen molar-refractivity contribution in [3.63, 3.8) is 0 Å². The predicted molar refractivity (Wildman–Crippen MR) is 45.0 cm³/mol. The Hall–Kier alpha value is -1.09. The van der Waals surface area contributed by atoms with Gasteiger partial charge >= 0.3 is 5.43 Å². The lowest BCUT2D eigenvalue weighted by molar-refractivity contribution is 0.165. The third-order valence-corrected chi connectivity index (χ3v) is 1.39. The van der Waals surface area contributed by atoms with E-state index >= 15 is 0 Å². The Balaban J connectivity index is 2.57. The molecule has 0 atom stereocenters. The van der Waals surface area contributed by atoms with Gasteiger partial charge in [-0.3, -0.25) is 4.98 Å². The number of carbonyl (C=O) groups excluding carboxylic acids is 1. The van der Waals surface area contributed by atoms with E-state index in [-0.39, 0.29) is 6.61 Å². The second-order valence-corrected chi connectivity index (χ2v) is 2.61. The first-order chi connectivity index (χ1) is 5.68. The van der Waals surface area contributed by atoms with Crippen LogP contribution in [0.1, 0.15) is 11.4 Å². The summed E-state index contributed by atoms with van der Waals surface area (Å²) in [5.41, 5.74) is 0.778. The van der Waals surface area contributed by atoms with Crippen molar-refractivity contribution in [3.8, 4) is 0 Å². The van der Waals surface area contributed by atoms with Crippen molar-refractivity contribution >= 4 is 17.0 Å². The van der Waals surface area contributed by atoms with Gasteiger partial charge in [-0.05, 0) is 19.1 Å². The Morgan fingerprint density at radius 3 is 3.00 bits per heavy atom. The second kappa shape index (κ2) is 4.07. The second-order valence-electron chi connectivity index (χ2n) is 2.30. The number of aromatic nitrogens is 1. The first kappa shape index (κ1) is 9.00. The number of hydrogen-bond donors (Lipinski definition) is 0. The van der Waals surface area contributed by atoms with Gasteiger partial charge in [-0.2, -0.15) is 0 Å². The Morgan fingerprint density at radius 2 is 2.42 bits per heavy atom. The number of aryl methyl sites for hydroxylation is 1. The molecule has 0 aliphatic rings. The minimum Gasteiger partial charge on any atom is -0.447 e. The van der Waals surface area contributed by atoms with Crippen LogP contribution in [-0.4, -0.2) is 10.4 Å². The highest BCUT2D eigenvalue weighted by molar-refractivity contribution is 6.61. The van der Waals surface area contributed by atoms with Gasteiger partial charge in [0.1, 0.15) is 6.61 Å². The molecule has 0 amide bonds. The van der Waals surface area contributed by atoms with E-state index in [1.807, 2.05) is 19.1 Å². The van der Waals surface area contributed by atoms with Crippen molar-refractivity contribution < 1.29 is 9.53 Å². The maximum absolute atomic E-state index is 10.2. The molecule has 0 aliphatic carbocycles. The molecule has 4 heteroatoms. The molecule has 1 aromatic heterocycles. The van der Waals surface area contributed by atoms with Crippen LogP contribution in [0.25, 0.3) is 0 Å². The average Bonchev–Trinajstić information content (AvgIpc) is 2.01. The molecular formula is C8H8ClNO2. The summed E-state index contributed by atoms with van der Waals surface area (Å²) in [5, 5.41) is 0. The average molecular weight is 186 g/mol. The zero-order valence-corrected chi connectivity index (χ0v) is 7.34. The maximum Gasteiger partial charge on any atom is 0.404 e. The molecule has 3 nitrogen and oxygen atoms in total. The third-order valence-electron chi connectivity index (χ3n) is 1.28. The van der Waals surface area contributed by atoms with Gasteiger partial charge in [0, 0.05) is 17.3 Å². The molecule has 0 unspecified atom stereocenters. The molecule has 0 bridgehead atoms.